The van der Waals surface area contributed by atoms with Crippen LogP contribution in [0.5, 0.6) is 0 Å². The van der Waals surface area contributed by atoms with E-state index in [1.807, 2.05) is 0 Å². The molecule has 58 valence electrons. The standard InChI is InChI=1S/K.H4O7P2.H/c;1-8(2,3)7-9(4,5)6;/h;(H2,1,2,3)(H2,4,5,6);/q+1;;-1. The van der Waals surface area contributed by atoms with Crippen LogP contribution in [0, 0.1) is 0 Å². The Kier molecular flexibility index (Phi) is 6.94. The first kappa shape index (κ1) is 14.4. The van der Waals surface area contributed by atoms with Gasteiger partial charge in [-0.15, -0.1) is 0 Å². The molecule has 0 spiro atoms. The molecule has 0 fully saturated rings. The minimum atomic E-state index is -5.05. The Bertz CT molecular complexity index is 157. The summed E-state index contributed by atoms with van der Waals surface area (Å²) in [7, 11) is -10.1. The Morgan fingerprint density at radius 1 is 1.00 bits per heavy atom. The quantitative estimate of drug-likeness (QED) is 0.277. The van der Waals surface area contributed by atoms with Crippen LogP contribution in [0.3, 0.4) is 0 Å². The van der Waals surface area contributed by atoms with Crippen LogP contribution in [0.25, 0.3) is 0 Å². The third-order valence-electron chi connectivity index (χ3n) is 0.213. The molecule has 0 aliphatic heterocycles. The number of phosphoric acid groups is 2. The fourth-order valence-electron chi connectivity index (χ4n) is 0.139. The molecule has 4 N–H and O–H groups in total. The maximum absolute atomic E-state index is 9.63. The third kappa shape index (κ3) is 12.6. The topological polar surface area (TPSA) is 124 Å². The second-order valence-electron chi connectivity index (χ2n) is 1.06. The van der Waals surface area contributed by atoms with Crippen molar-refractivity contribution in [1.29, 1.82) is 0 Å². The van der Waals surface area contributed by atoms with E-state index in [1.165, 1.54) is 0 Å². The van der Waals surface area contributed by atoms with Gasteiger partial charge in [0.2, 0.25) is 0 Å². The third-order valence-corrected chi connectivity index (χ3v) is 1.91. The van der Waals surface area contributed by atoms with E-state index in [4.69, 9.17) is 19.6 Å². The van der Waals surface area contributed by atoms with Crippen LogP contribution >= 0.6 is 15.6 Å². The normalized spacial score (nSPS) is 12.4. The monoisotopic (exact) mass is 218 g/mol. The zero-order valence-corrected chi connectivity index (χ0v) is 9.82. The second-order valence-corrected chi connectivity index (χ2v) is 3.68. The smallest absolute Gasteiger partial charge is 1.00 e. The first-order valence-electron chi connectivity index (χ1n) is 1.53. The van der Waals surface area contributed by atoms with Crippen molar-refractivity contribution >= 4 is 15.6 Å². The molecule has 0 rings (SSSR count). The van der Waals surface area contributed by atoms with E-state index in [0.29, 0.717) is 0 Å². The van der Waals surface area contributed by atoms with Gasteiger partial charge in [-0.1, -0.05) is 0 Å². The Morgan fingerprint density at radius 2 is 1.20 bits per heavy atom. The molecule has 0 aromatic heterocycles. The van der Waals surface area contributed by atoms with Gasteiger partial charge in [0.05, 0.1) is 0 Å². The predicted molar refractivity (Wildman–Crippen MR) is 26.3 cm³/mol. The molecule has 0 aliphatic rings. The van der Waals surface area contributed by atoms with E-state index in [9.17, 15) is 9.13 Å². The van der Waals surface area contributed by atoms with Gasteiger partial charge in [0.15, 0.2) is 0 Å². The molecular formula is H5KO7P2. The summed E-state index contributed by atoms with van der Waals surface area (Å²) >= 11 is 0. The van der Waals surface area contributed by atoms with E-state index >= 15 is 0 Å². The molecule has 0 saturated carbocycles. The van der Waals surface area contributed by atoms with E-state index < -0.39 is 15.6 Å². The van der Waals surface area contributed by atoms with Gasteiger partial charge in [-0.25, -0.2) is 9.13 Å². The molecule has 0 amide bonds. The van der Waals surface area contributed by atoms with Crippen LogP contribution in [0.2, 0.25) is 0 Å². The Hall–Kier alpha value is 1.90. The van der Waals surface area contributed by atoms with E-state index in [0.717, 1.165) is 0 Å². The van der Waals surface area contributed by atoms with Gasteiger partial charge in [0.25, 0.3) is 0 Å². The van der Waals surface area contributed by atoms with Crippen LogP contribution in [0.15, 0.2) is 0 Å². The van der Waals surface area contributed by atoms with E-state index in [-0.39, 0.29) is 52.8 Å². The summed E-state index contributed by atoms with van der Waals surface area (Å²) in [5.41, 5.74) is 0. The number of rotatable bonds is 2. The van der Waals surface area contributed by atoms with Gasteiger partial charge >= 0.3 is 67.0 Å². The van der Waals surface area contributed by atoms with Gasteiger partial charge in [0, 0.05) is 0 Å². The van der Waals surface area contributed by atoms with Gasteiger partial charge < -0.3 is 21.0 Å². The minimum absolute atomic E-state index is 0. The summed E-state index contributed by atoms with van der Waals surface area (Å²) in [6.07, 6.45) is 0. The van der Waals surface area contributed by atoms with Crippen molar-refractivity contribution in [3.05, 3.63) is 0 Å². The van der Waals surface area contributed by atoms with E-state index in [1.54, 1.807) is 0 Å². The van der Waals surface area contributed by atoms with Crippen LogP contribution in [-0.4, -0.2) is 19.6 Å². The van der Waals surface area contributed by atoms with Gasteiger partial charge in [-0.2, -0.15) is 4.31 Å². The fourth-order valence-corrected chi connectivity index (χ4v) is 1.25. The molecule has 0 radical (unpaired) electrons. The van der Waals surface area contributed by atoms with Crippen LogP contribution in [0.1, 0.15) is 1.43 Å². The maximum atomic E-state index is 9.63. The molecule has 10 heavy (non-hydrogen) atoms. The Labute approximate surface area is 100 Å². The van der Waals surface area contributed by atoms with Crippen molar-refractivity contribution in [3.63, 3.8) is 0 Å². The maximum Gasteiger partial charge on any atom is 1.00 e. The Morgan fingerprint density at radius 3 is 1.20 bits per heavy atom. The number of hydrogen-bond donors (Lipinski definition) is 4. The Balaban J connectivity index is -0.000000320. The first-order chi connectivity index (χ1) is 3.71. The average Bonchev–Trinajstić information content (AvgIpc) is 1.14. The summed E-state index contributed by atoms with van der Waals surface area (Å²) in [5.74, 6) is 0. The summed E-state index contributed by atoms with van der Waals surface area (Å²) in [6.45, 7) is 0. The molecule has 10 heteroatoms. The zero-order chi connectivity index (χ0) is 7.71. The summed E-state index contributed by atoms with van der Waals surface area (Å²) in [4.78, 5) is 31.0. The number of hydrogen-bond acceptors (Lipinski definition) is 3. The summed E-state index contributed by atoms with van der Waals surface area (Å²) in [5, 5.41) is 0. The van der Waals surface area contributed by atoms with Crippen molar-refractivity contribution in [2.75, 3.05) is 0 Å². The first-order valence-corrected chi connectivity index (χ1v) is 4.59. The van der Waals surface area contributed by atoms with Crippen molar-refractivity contribution in [2.24, 2.45) is 0 Å². The zero-order valence-electron chi connectivity index (χ0n) is 5.91. The largest absolute Gasteiger partial charge is 1.00 e. The van der Waals surface area contributed by atoms with E-state index in [2.05, 4.69) is 4.31 Å². The van der Waals surface area contributed by atoms with Gasteiger partial charge in [-0.3, -0.25) is 0 Å². The summed E-state index contributed by atoms with van der Waals surface area (Å²) < 4.78 is 22.2. The van der Waals surface area contributed by atoms with Gasteiger partial charge in [0.1, 0.15) is 0 Å². The average molecular weight is 218 g/mol. The molecular weight excluding hydrogens is 213 g/mol. The van der Waals surface area contributed by atoms with Crippen LogP contribution < -0.4 is 51.4 Å². The van der Waals surface area contributed by atoms with Crippen LogP contribution in [0.4, 0.5) is 0 Å². The molecule has 0 bridgehead atoms. The molecule has 0 atom stereocenters. The second kappa shape index (κ2) is 4.81. The SMILES string of the molecule is O=P(O)(O)OP(=O)(O)O.[H-].[K+]. The molecule has 0 aromatic carbocycles. The van der Waals surface area contributed by atoms with Crippen LogP contribution in [-0.2, 0) is 13.4 Å². The molecule has 0 aliphatic carbocycles. The van der Waals surface area contributed by atoms with Crippen molar-refractivity contribution in [2.45, 2.75) is 0 Å². The summed E-state index contributed by atoms with van der Waals surface area (Å²) in [6, 6.07) is 0. The van der Waals surface area contributed by atoms with Crippen molar-refractivity contribution < 1.29 is 85.8 Å². The molecule has 0 saturated heterocycles. The van der Waals surface area contributed by atoms with Gasteiger partial charge in [-0.05, 0) is 0 Å². The van der Waals surface area contributed by atoms with Crippen molar-refractivity contribution in [1.82, 2.24) is 0 Å². The predicted octanol–water partition coefficient (Wildman–Crippen LogP) is -3.70. The molecule has 0 aromatic rings. The molecule has 7 nitrogen and oxygen atoms in total. The molecule has 0 unspecified atom stereocenters. The fraction of sp³-hybridized carbons (Fsp3) is 0. The molecule has 0 heterocycles. The van der Waals surface area contributed by atoms with Crippen molar-refractivity contribution in [3.8, 4) is 0 Å². The minimum Gasteiger partial charge on any atom is -1.00 e.